The zero-order valence-electron chi connectivity index (χ0n) is 16.6. The van der Waals surface area contributed by atoms with Crippen LogP contribution in [-0.4, -0.2) is 30.1 Å². The van der Waals surface area contributed by atoms with Crippen molar-refractivity contribution in [2.75, 3.05) is 23.0 Å². The van der Waals surface area contributed by atoms with Gasteiger partial charge in [-0.25, -0.2) is 13.6 Å². The summed E-state index contributed by atoms with van der Waals surface area (Å²) in [6.45, 7) is -0.561. The van der Waals surface area contributed by atoms with Crippen molar-refractivity contribution >= 4 is 40.9 Å². The molecular weight excluding hydrogens is 438 g/mol. The third-order valence-electron chi connectivity index (χ3n) is 4.02. The molecule has 3 rings (SSSR count). The Morgan fingerprint density at radius 1 is 0.781 bits per heavy atom. The molecule has 0 aliphatic carbocycles. The second-order valence-corrected chi connectivity index (χ2v) is 7.50. The predicted molar refractivity (Wildman–Crippen MR) is 118 cm³/mol. The van der Waals surface area contributed by atoms with Gasteiger partial charge in [0.15, 0.2) is 6.61 Å². The van der Waals surface area contributed by atoms with Crippen LogP contribution in [0.25, 0.3) is 0 Å². The summed E-state index contributed by atoms with van der Waals surface area (Å²) >= 11 is 1.10. The molecule has 164 valence electrons. The first kappa shape index (κ1) is 23.0. The number of amides is 2. The number of rotatable bonds is 8. The van der Waals surface area contributed by atoms with Crippen LogP contribution in [-0.2, 0) is 14.3 Å². The Morgan fingerprint density at radius 3 is 2.00 bits per heavy atom. The quantitative estimate of drug-likeness (QED) is 0.385. The molecular formula is C23H18F2N2O4S. The van der Waals surface area contributed by atoms with Gasteiger partial charge in [0.05, 0.1) is 11.3 Å². The Balaban J connectivity index is 1.53. The summed E-state index contributed by atoms with van der Waals surface area (Å²) in [5.41, 5.74) is 0.758. The molecule has 2 N–H and O–H groups in total. The van der Waals surface area contributed by atoms with Crippen molar-refractivity contribution in [3.63, 3.8) is 0 Å². The minimum atomic E-state index is -0.743. The van der Waals surface area contributed by atoms with E-state index < -0.39 is 30.1 Å². The van der Waals surface area contributed by atoms with Gasteiger partial charge in [0.1, 0.15) is 11.6 Å². The lowest BCUT2D eigenvalue weighted by Gasteiger charge is -2.10. The maximum absolute atomic E-state index is 13.2. The van der Waals surface area contributed by atoms with E-state index in [-0.39, 0.29) is 22.9 Å². The van der Waals surface area contributed by atoms with E-state index in [1.807, 2.05) is 0 Å². The number of halogens is 2. The van der Waals surface area contributed by atoms with Gasteiger partial charge in [0, 0.05) is 16.3 Å². The molecule has 0 bridgehead atoms. The molecule has 0 aliphatic rings. The summed E-state index contributed by atoms with van der Waals surface area (Å²) in [4.78, 5) is 37.0. The minimum absolute atomic E-state index is 0.0269. The number of carbonyl (C=O) groups is 3. The highest BCUT2D eigenvalue weighted by atomic mass is 32.2. The van der Waals surface area contributed by atoms with E-state index in [0.29, 0.717) is 10.6 Å². The minimum Gasteiger partial charge on any atom is -0.452 e. The second kappa shape index (κ2) is 11.1. The molecule has 0 unspecified atom stereocenters. The molecule has 0 saturated heterocycles. The third-order valence-corrected chi connectivity index (χ3v) is 5.09. The van der Waals surface area contributed by atoms with Gasteiger partial charge in [-0.3, -0.25) is 9.59 Å². The molecule has 0 fully saturated rings. The maximum Gasteiger partial charge on any atom is 0.339 e. The number of nitrogens with one attached hydrogen (secondary N) is 2. The largest absolute Gasteiger partial charge is 0.452 e. The topological polar surface area (TPSA) is 84.5 Å². The molecule has 0 aliphatic heterocycles. The first-order chi connectivity index (χ1) is 15.4. The van der Waals surface area contributed by atoms with E-state index in [2.05, 4.69) is 10.6 Å². The van der Waals surface area contributed by atoms with E-state index in [1.165, 1.54) is 42.5 Å². The molecule has 0 radical (unpaired) electrons. The van der Waals surface area contributed by atoms with Crippen molar-refractivity contribution in [1.29, 1.82) is 0 Å². The molecule has 3 aromatic carbocycles. The summed E-state index contributed by atoms with van der Waals surface area (Å²) < 4.78 is 31.5. The average Bonchev–Trinajstić information content (AvgIpc) is 2.76. The molecule has 0 aromatic heterocycles. The normalized spacial score (nSPS) is 10.3. The molecule has 32 heavy (non-hydrogen) atoms. The first-order valence-electron chi connectivity index (χ1n) is 9.40. The molecule has 9 heteroatoms. The van der Waals surface area contributed by atoms with Gasteiger partial charge in [-0.1, -0.05) is 24.3 Å². The van der Waals surface area contributed by atoms with E-state index in [9.17, 15) is 23.2 Å². The second-order valence-electron chi connectivity index (χ2n) is 6.48. The van der Waals surface area contributed by atoms with Crippen LogP contribution in [0.3, 0.4) is 0 Å². The Morgan fingerprint density at radius 2 is 1.38 bits per heavy atom. The van der Waals surface area contributed by atoms with E-state index >= 15 is 0 Å². The van der Waals surface area contributed by atoms with Gasteiger partial charge < -0.3 is 15.4 Å². The number of ether oxygens (including phenoxy) is 1. The average molecular weight is 456 g/mol. The number of hydrogen-bond acceptors (Lipinski definition) is 5. The van der Waals surface area contributed by atoms with Gasteiger partial charge in [0.25, 0.3) is 5.91 Å². The summed E-state index contributed by atoms with van der Waals surface area (Å²) in [6, 6.07) is 17.3. The lowest BCUT2D eigenvalue weighted by atomic mass is 10.2. The van der Waals surface area contributed by atoms with Gasteiger partial charge in [-0.15, -0.1) is 11.8 Å². The molecule has 2 amide bonds. The monoisotopic (exact) mass is 456 g/mol. The van der Waals surface area contributed by atoms with Crippen LogP contribution in [0, 0.1) is 11.6 Å². The molecule has 0 spiro atoms. The van der Waals surface area contributed by atoms with E-state index in [1.54, 1.807) is 24.3 Å². The van der Waals surface area contributed by atoms with Crippen molar-refractivity contribution in [2.45, 2.75) is 4.90 Å². The van der Waals surface area contributed by atoms with Gasteiger partial charge in [-0.05, 0) is 48.5 Å². The third kappa shape index (κ3) is 6.92. The molecule has 0 heterocycles. The SMILES string of the molecule is O=C(COC(=O)c1ccccc1SCC(=O)Nc1cccc(F)c1)Nc1cccc(F)c1. The van der Waals surface area contributed by atoms with Crippen LogP contribution in [0.4, 0.5) is 20.2 Å². The van der Waals surface area contributed by atoms with Crippen LogP contribution in [0.15, 0.2) is 77.7 Å². The Hall–Kier alpha value is -3.72. The number of thioether (sulfide) groups is 1. The fraction of sp³-hybridized carbons (Fsp3) is 0.0870. The number of esters is 1. The molecule has 0 saturated carbocycles. The van der Waals surface area contributed by atoms with E-state index in [0.717, 1.165) is 17.8 Å². The number of benzene rings is 3. The highest BCUT2D eigenvalue weighted by Crippen LogP contribution is 2.24. The zero-order chi connectivity index (χ0) is 22.9. The molecule has 3 aromatic rings. The first-order valence-corrected chi connectivity index (χ1v) is 10.4. The fourth-order valence-electron chi connectivity index (χ4n) is 2.64. The Bertz CT molecular complexity index is 1140. The van der Waals surface area contributed by atoms with Crippen molar-refractivity contribution in [3.05, 3.63) is 90.0 Å². The van der Waals surface area contributed by atoms with Gasteiger partial charge in [0.2, 0.25) is 5.91 Å². The zero-order valence-corrected chi connectivity index (χ0v) is 17.5. The van der Waals surface area contributed by atoms with E-state index in [4.69, 9.17) is 4.74 Å². The van der Waals surface area contributed by atoms with Crippen LogP contribution in [0.2, 0.25) is 0 Å². The van der Waals surface area contributed by atoms with Crippen molar-refractivity contribution < 1.29 is 27.9 Å². The lowest BCUT2D eigenvalue weighted by molar-refractivity contribution is -0.119. The summed E-state index contributed by atoms with van der Waals surface area (Å²) in [5.74, 6) is -2.74. The standard InChI is InChI=1S/C23H18F2N2O4S/c24-15-5-3-7-17(11-15)26-21(28)13-31-23(30)19-9-1-2-10-20(19)32-14-22(29)27-18-8-4-6-16(25)12-18/h1-12H,13-14H2,(H,26,28)(H,27,29). The summed E-state index contributed by atoms with van der Waals surface area (Å²) in [7, 11) is 0. The van der Waals surface area contributed by atoms with Gasteiger partial charge in [-0.2, -0.15) is 0 Å². The van der Waals surface area contributed by atoms with Gasteiger partial charge >= 0.3 is 5.97 Å². The smallest absolute Gasteiger partial charge is 0.339 e. The Labute approximate surface area is 187 Å². The highest BCUT2D eigenvalue weighted by Gasteiger charge is 2.16. The summed E-state index contributed by atoms with van der Waals surface area (Å²) in [5, 5.41) is 5.00. The van der Waals surface area contributed by atoms with Crippen LogP contribution in [0.5, 0.6) is 0 Å². The fourth-order valence-corrected chi connectivity index (χ4v) is 3.48. The molecule has 6 nitrogen and oxygen atoms in total. The highest BCUT2D eigenvalue weighted by molar-refractivity contribution is 8.00. The number of hydrogen-bond donors (Lipinski definition) is 2. The predicted octanol–water partition coefficient (Wildman–Crippen LogP) is 4.49. The van der Waals surface area contributed by atoms with Crippen molar-refractivity contribution in [2.24, 2.45) is 0 Å². The van der Waals surface area contributed by atoms with Crippen LogP contribution < -0.4 is 10.6 Å². The lowest BCUT2D eigenvalue weighted by Crippen LogP contribution is -2.21. The summed E-state index contributed by atoms with van der Waals surface area (Å²) in [6.07, 6.45) is 0. The Kier molecular flexibility index (Phi) is 7.93. The number of anilines is 2. The maximum atomic E-state index is 13.2. The molecule has 0 atom stereocenters. The van der Waals surface area contributed by atoms with Crippen molar-refractivity contribution in [3.8, 4) is 0 Å². The number of carbonyl (C=O) groups excluding carboxylic acids is 3. The van der Waals surface area contributed by atoms with Crippen LogP contribution in [0.1, 0.15) is 10.4 Å². The van der Waals surface area contributed by atoms with Crippen molar-refractivity contribution in [1.82, 2.24) is 0 Å². The van der Waals surface area contributed by atoms with Crippen LogP contribution >= 0.6 is 11.8 Å².